The maximum Gasteiger partial charge on any atom is 0.338 e. The average Bonchev–Trinajstić information content (AvgIpc) is 2.71. The predicted molar refractivity (Wildman–Crippen MR) is 112 cm³/mol. The second kappa shape index (κ2) is 9.35. The van der Waals surface area contributed by atoms with E-state index >= 15 is 0 Å². The topological polar surface area (TPSA) is 77.5 Å². The molecule has 0 radical (unpaired) electrons. The third kappa shape index (κ3) is 6.26. The van der Waals surface area contributed by atoms with Gasteiger partial charge in [0.05, 0.1) is 11.3 Å². The standard InChI is InChI=1S/C23H26O5S/c1-29(26,27)16-17-6-5-9-21(14-17)23(25)28-15-22(24)20-12-10-19(11-13-20)18-7-3-2-4-8-18/h5-6,9-14,18H,2-4,7-8,15-16H2,1H3. The highest BCUT2D eigenvalue weighted by Gasteiger charge is 2.17. The second-order valence-corrected chi connectivity index (χ2v) is 9.87. The minimum absolute atomic E-state index is 0.152. The molecule has 5 nitrogen and oxygen atoms in total. The lowest BCUT2D eigenvalue weighted by atomic mass is 9.84. The molecule has 0 aliphatic heterocycles. The molecule has 2 aromatic rings. The van der Waals surface area contributed by atoms with Crippen LogP contribution in [0.25, 0.3) is 0 Å². The number of benzene rings is 2. The number of carbonyl (C=O) groups is 2. The van der Waals surface area contributed by atoms with Gasteiger partial charge in [-0.3, -0.25) is 4.79 Å². The highest BCUT2D eigenvalue weighted by molar-refractivity contribution is 7.89. The molecule has 1 saturated carbocycles. The molecule has 0 saturated heterocycles. The SMILES string of the molecule is CS(=O)(=O)Cc1cccc(C(=O)OCC(=O)c2ccc(C3CCCCC3)cc2)c1. The number of sulfone groups is 1. The summed E-state index contributed by atoms with van der Waals surface area (Å²) in [5.74, 6) is -0.487. The Morgan fingerprint density at radius 1 is 0.966 bits per heavy atom. The summed E-state index contributed by atoms with van der Waals surface area (Å²) < 4.78 is 28.0. The quantitative estimate of drug-likeness (QED) is 0.498. The van der Waals surface area contributed by atoms with Crippen LogP contribution < -0.4 is 0 Å². The van der Waals surface area contributed by atoms with Crippen LogP contribution in [0, 0.1) is 0 Å². The average molecular weight is 415 g/mol. The Morgan fingerprint density at radius 3 is 2.31 bits per heavy atom. The number of ether oxygens (including phenoxy) is 1. The van der Waals surface area contributed by atoms with Crippen LogP contribution in [0.15, 0.2) is 48.5 Å². The first kappa shape index (κ1) is 21.2. The molecule has 1 fully saturated rings. The van der Waals surface area contributed by atoms with Crippen molar-refractivity contribution in [3.05, 3.63) is 70.8 Å². The van der Waals surface area contributed by atoms with Gasteiger partial charge in [-0.15, -0.1) is 0 Å². The molecule has 6 heteroatoms. The number of rotatable bonds is 7. The summed E-state index contributed by atoms with van der Waals surface area (Å²) in [5.41, 5.74) is 2.52. The van der Waals surface area contributed by atoms with E-state index in [0.717, 1.165) is 6.26 Å². The summed E-state index contributed by atoms with van der Waals surface area (Å²) >= 11 is 0. The summed E-state index contributed by atoms with van der Waals surface area (Å²) in [6.45, 7) is -0.349. The summed E-state index contributed by atoms with van der Waals surface area (Å²) in [5, 5.41) is 0. The lowest BCUT2D eigenvalue weighted by Gasteiger charge is -2.22. The zero-order valence-corrected chi connectivity index (χ0v) is 17.4. The van der Waals surface area contributed by atoms with Crippen molar-refractivity contribution in [2.45, 2.75) is 43.8 Å². The first-order valence-corrected chi connectivity index (χ1v) is 11.9. The Kier molecular flexibility index (Phi) is 6.85. The van der Waals surface area contributed by atoms with Gasteiger partial charge in [0.2, 0.25) is 0 Å². The summed E-state index contributed by atoms with van der Waals surface area (Å²) in [6, 6.07) is 13.9. The normalized spacial score (nSPS) is 15.1. The summed E-state index contributed by atoms with van der Waals surface area (Å²) in [6.07, 6.45) is 7.35. The van der Waals surface area contributed by atoms with E-state index in [1.807, 2.05) is 12.1 Å². The number of Topliss-reactive ketones (excluding diaryl/α,β-unsaturated/α-hetero) is 1. The number of carbonyl (C=O) groups excluding carboxylic acids is 2. The van der Waals surface area contributed by atoms with Crippen LogP contribution in [0.4, 0.5) is 0 Å². The van der Waals surface area contributed by atoms with Crippen molar-refractivity contribution in [2.24, 2.45) is 0 Å². The van der Waals surface area contributed by atoms with Crippen molar-refractivity contribution < 1.29 is 22.7 Å². The fourth-order valence-electron chi connectivity index (χ4n) is 3.77. The van der Waals surface area contributed by atoms with E-state index in [0.29, 0.717) is 17.0 Å². The van der Waals surface area contributed by atoms with E-state index < -0.39 is 15.8 Å². The molecule has 0 bridgehead atoms. The summed E-state index contributed by atoms with van der Waals surface area (Å²) in [4.78, 5) is 24.6. The molecule has 154 valence electrons. The van der Waals surface area contributed by atoms with Gasteiger partial charge in [0.1, 0.15) is 0 Å². The lowest BCUT2D eigenvalue weighted by Crippen LogP contribution is -2.15. The van der Waals surface area contributed by atoms with Crippen molar-refractivity contribution in [2.75, 3.05) is 12.9 Å². The van der Waals surface area contributed by atoms with Crippen LogP contribution in [0.1, 0.15) is 69.9 Å². The van der Waals surface area contributed by atoms with E-state index in [-0.39, 0.29) is 23.7 Å². The third-order valence-electron chi connectivity index (χ3n) is 5.24. The zero-order valence-electron chi connectivity index (χ0n) is 16.6. The molecule has 0 unspecified atom stereocenters. The van der Waals surface area contributed by atoms with Gasteiger partial charge in [-0.25, -0.2) is 13.2 Å². The molecular formula is C23H26O5S. The molecule has 2 aromatic carbocycles. The molecule has 0 atom stereocenters. The first-order chi connectivity index (χ1) is 13.8. The van der Waals surface area contributed by atoms with E-state index in [2.05, 4.69) is 0 Å². The molecule has 0 N–H and O–H groups in total. The Morgan fingerprint density at radius 2 is 1.66 bits per heavy atom. The van der Waals surface area contributed by atoms with Gasteiger partial charge >= 0.3 is 5.97 Å². The van der Waals surface area contributed by atoms with Crippen LogP contribution in [0.3, 0.4) is 0 Å². The van der Waals surface area contributed by atoms with Gasteiger partial charge in [-0.05, 0) is 42.0 Å². The number of hydrogen-bond acceptors (Lipinski definition) is 5. The van der Waals surface area contributed by atoms with Crippen LogP contribution >= 0.6 is 0 Å². The number of hydrogen-bond donors (Lipinski definition) is 0. The minimum atomic E-state index is -3.20. The zero-order chi connectivity index (χ0) is 20.9. The maximum atomic E-state index is 12.4. The Bertz CT molecular complexity index is 971. The Labute approximate surface area is 172 Å². The smallest absolute Gasteiger partial charge is 0.338 e. The Balaban J connectivity index is 1.57. The fourth-order valence-corrected chi connectivity index (χ4v) is 4.55. The van der Waals surface area contributed by atoms with Gasteiger partial charge in [-0.2, -0.15) is 0 Å². The van der Waals surface area contributed by atoms with Crippen LogP contribution in [-0.2, 0) is 20.3 Å². The highest BCUT2D eigenvalue weighted by Crippen LogP contribution is 2.32. The van der Waals surface area contributed by atoms with Crippen molar-refractivity contribution >= 4 is 21.6 Å². The molecule has 29 heavy (non-hydrogen) atoms. The van der Waals surface area contributed by atoms with Crippen molar-refractivity contribution in [1.82, 2.24) is 0 Å². The fraction of sp³-hybridized carbons (Fsp3) is 0.391. The van der Waals surface area contributed by atoms with Gasteiger partial charge in [0.25, 0.3) is 0 Å². The molecule has 0 aromatic heterocycles. The summed E-state index contributed by atoms with van der Waals surface area (Å²) in [7, 11) is -3.20. The molecule has 0 heterocycles. The van der Waals surface area contributed by atoms with Crippen molar-refractivity contribution in [3.63, 3.8) is 0 Å². The Hall–Kier alpha value is -2.47. The van der Waals surface area contributed by atoms with Crippen LogP contribution in [0.5, 0.6) is 0 Å². The van der Waals surface area contributed by atoms with Crippen molar-refractivity contribution in [1.29, 1.82) is 0 Å². The molecule has 1 aliphatic rings. The molecular weight excluding hydrogens is 388 g/mol. The van der Waals surface area contributed by atoms with E-state index in [9.17, 15) is 18.0 Å². The number of ketones is 1. The number of esters is 1. The van der Waals surface area contributed by atoms with Crippen molar-refractivity contribution in [3.8, 4) is 0 Å². The highest BCUT2D eigenvalue weighted by atomic mass is 32.2. The second-order valence-electron chi connectivity index (χ2n) is 7.73. The molecule has 0 amide bonds. The monoisotopic (exact) mass is 414 g/mol. The first-order valence-electron chi connectivity index (χ1n) is 9.89. The van der Waals surface area contributed by atoms with Gasteiger partial charge in [0.15, 0.2) is 22.2 Å². The van der Waals surface area contributed by atoms with Crippen LogP contribution in [-0.4, -0.2) is 33.0 Å². The van der Waals surface area contributed by atoms with E-state index in [4.69, 9.17) is 4.74 Å². The minimum Gasteiger partial charge on any atom is -0.454 e. The van der Waals surface area contributed by atoms with Gasteiger partial charge < -0.3 is 4.74 Å². The lowest BCUT2D eigenvalue weighted by molar-refractivity contribution is 0.0474. The van der Waals surface area contributed by atoms with E-state index in [1.165, 1.54) is 49.8 Å². The van der Waals surface area contributed by atoms with Gasteiger partial charge in [0, 0.05) is 11.8 Å². The molecule has 3 rings (SSSR count). The molecule has 0 spiro atoms. The van der Waals surface area contributed by atoms with Crippen LogP contribution in [0.2, 0.25) is 0 Å². The molecule has 1 aliphatic carbocycles. The van der Waals surface area contributed by atoms with Gasteiger partial charge in [-0.1, -0.05) is 55.7 Å². The largest absolute Gasteiger partial charge is 0.454 e. The predicted octanol–water partition coefficient (Wildman–Crippen LogP) is 4.32. The van der Waals surface area contributed by atoms with E-state index in [1.54, 1.807) is 24.3 Å². The maximum absolute atomic E-state index is 12.4. The third-order valence-corrected chi connectivity index (χ3v) is 6.09.